The SMILES string of the molecule is O=C1COc2cc(NC(=O)c3cccc([N+](=O)[O-])c3)ccc2N1. The quantitative estimate of drug-likeness (QED) is 0.666. The highest BCUT2D eigenvalue weighted by atomic mass is 16.6. The number of hydrogen-bond donors (Lipinski definition) is 2. The second-order valence-corrected chi connectivity index (χ2v) is 4.81. The lowest BCUT2D eigenvalue weighted by molar-refractivity contribution is -0.384. The van der Waals surface area contributed by atoms with E-state index in [1.54, 1.807) is 18.2 Å². The lowest BCUT2D eigenvalue weighted by Gasteiger charge is -2.18. The number of hydrogen-bond acceptors (Lipinski definition) is 5. The van der Waals surface area contributed by atoms with E-state index in [9.17, 15) is 19.7 Å². The van der Waals surface area contributed by atoms with Crippen LogP contribution >= 0.6 is 0 Å². The van der Waals surface area contributed by atoms with Gasteiger partial charge in [0.25, 0.3) is 17.5 Å². The molecule has 0 spiro atoms. The standard InChI is InChI=1S/C15H11N3O5/c19-14-8-23-13-7-10(4-5-12(13)17-14)16-15(20)9-2-1-3-11(6-9)18(21)22/h1-7H,8H2,(H,16,20)(H,17,19). The summed E-state index contributed by atoms with van der Waals surface area (Å²) in [6.45, 7) is -0.0880. The van der Waals surface area contributed by atoms with Crippen LogP contribution in [0.3, 0.4) is 0 Å². The summed E-state index contributed by atoms with van der Waals surface area (Å²) in [7, 11) is 0. The summed E-state index contributed by atoms with van der Waals surface area (Å²) in [5, 5.41) is 16.0. The number of carbonyl (C=O) groups excluding carboxylic acids is 2. The van der Waals surface area contributed by atoms with Gasteiger partial charge >= 0.3 is 0 Å². The van der Waals surface area contributed by atoms with Crippen molar-refractivity contribution < 1.29 is 19.2 Å². The summed E-state index contributed by atoms with van der Waals surface area (Å²) >= 11 is 0. The van der Waals surface area contributed by atoms with Crippen LogP contribution in [-0.4, -0.2) is 23.3 Å². The van der Waals surface area contributed by atoms with E-state index in [0.717, 1.165) is 0 Å². The van der Waals surface area contributed by atoms with Crippen LogP contribution in [0.15, 0.2) is 42.5 Å². The van der Waals surface area contributed by atoms with Gasteiger partial charge in [0.1, 0.15) is 5.75 Å². The molecule has 8 heteroatoms. The highest BCUT2D eigenvalue weighted by molar-refractivity contribution is 6.05. The molecule has 2 amide bonds. The van der Waals surface area contributed by atoms with Crippen molar-refractivity contribution in [1.82, 2.24) is 0 Å². The molecule has 8 nitrogen and oxygen atoms in total. The molecular formula is C15H11N3O5. The van der Waals surface area contributed by atoms with Crippen molar-refractivity contribution in [1.29, 1.82) is 0 Å². The molecule has 2 N–H and O–H groups in total. The van der Waals surface area contributed by atoms with Crippen molar-refractivity contribution in [3.8, 4) is 5.75 Å². The van der Waals surface area contributed by atoms with Crippen LogP contribution in [0.5, 0.6) is 5.75 Å². The number of ether oxygens (including phenoxy) is 1. The van der Waals surface area contributed by atoms with Gasteiger partial charge < -0.3 is 15.4 Å². The average molecular weight is 313 g/mol. The minimum absolute atomic E-state index is 0.0880. The lowest BCUT2D eigenvalue weighted by atomic mass is 10.1. The third-order valence-electron chi connectivity index (χ3n) is 3.19. The Kier molecular flexibility index (Phi) is 3.63. The molecule has 23 heavy (non-hydrogen) atoms. The molecule has 0 saturated carbocycles. The Hall–Kier alpha value is -3.42. The molecule has 1 heterocycles. The largest absolute Gasteiger partial charge is 0.482 e. The van der Waals surface area contributed by atoms with Crippen molar-refractivity contribution in [3.05, 3.63) is 58.1 Å². The summed E-state index contributed by atoms with van der Waals surface area (Å²) in [6.07, 6.45) is 0. The van der Waals surface area contributed by atoms with Gasteiger partial charge in [-0.1, -0.05) is 6.07 Å². The molecule has 0 aromatic heterocycles. The highest BCUT2D eigenvalue weighted by Crippen LogP contribution is 2.30. The van der Waals surface area contributed by atoms with Crippen LogP contribution in [0.4, 0.5) is 17.1 Å². The van der Waals surface area contributed by atoms with Crippen molar-refractivity contribution >= 4 is 28.9 Å². The molecular weight excluding hydrogens is 302 g/mol. The van der Waals surface area contributed by atoms with Gasteiger partial charge in [-0.3, -0.25) is 19.7 Å². The molecule has 1 aliphatic heterocycles. The van der Waals surface area contributed by atoms with Gasteiger partial charge in [-0.2, -0.15) is 0 Å². The first kappa shape index (κ1) is 14.5. The van der Waals surface area contributed by atoms with E-state index >= 15 is 0 Å². The first-order valence-corrected chi connectivity index (χ1v) is 6.65. The minimum Gasteiger partial charge on any atom is -0.482 e. The van der Waals surface area contributed by atoms with E-state index < -0.39 is 10.8 Å². The number of anilines is 2. The molecule has 0 atom stereocenters. The zero-order valence-corrected chi connectivity index (χ0v) is 11.7. The Morgan fingerprint density at radius 1 is 1.26 bits per heavy atom. The Morgan fingerprint density at radius 2 is 2.09 bits per heavy atom. The lowest BCUT2D eigenvalue weighted by Crippen LogP contribution is -2.25. The molecule has 1 aliphatic rings. The highest BCUT2D eigenvalue weighted by Gasteiger charge is 2.17. The fourth-order valence-corrected chi connectivity index (χ4v) is 2.12. The first-order valence-electron chi connectivity index (χ1n) is 6.65. The van der Waals surface area contributed by atoms with Gasteiger partial charge in [0, 0.05) is 29.4 Å². The van der Waals surface area contributed by atoms with E-state index in [-0.39, 0.29) is 23.8 Å². The molecule has 0 fully saturated rings. The maximum atomic E-state index is 12.2. The fourth-order valence-electron chi connectivity index (χ4n) is 2.12. The Bertz CT molecular complexity index is 819. The summed E-state index contributed by atoms with van der Waals surface area (Å²) in [5.41, 5.74) is 0.992. The van der Waals surface area contributed by atoms with Crippen LogP contribution in [0, 0.1) is 10.1 Å². The predicted octanol–water partition coefficient (Wildman–Crippen LogP) is 2.18. The zero-order valence-electron chi connectivity index (χ0n) is 11.7. The third-order valence-corrected chi connectivity index (χ3v) is 3.19. The number of non-ortho nitro benzene ring substituents is 1. The Morgan fingerprint density at radius 3 is 2.87 bits per heavy atom. The topological polar surface area (TPSA) is 111 Å². The number of nitrogens with one attached hydrogen (secondary N) is 2. The van der Waals surface area contributed by atoms with Crippen LogP contribution in [0.1, 0.15) is 10.4 Å². The second kappa shape index (κ2) is 5.76. The maximum absolute atomic E-state index is 12.2. The zero-order chi connectivity index (χ0) is 16.4. The fraction of sp³-hybridized carbons (Fsp3) is 0.0667. The molecule has 2 aromatic carbocycles. The molecule has 2 aromatic rings. The van der Waals surface area contributed by atoms with Crippen LogP contribution in [-0.2, 0) is 4.79 Å². The number of carbonyl (C=O) groups is 2. The minimum atomic E-state index is -0.563. The predicted molar refractivity (Wildman–Crippen MR) is 81.6 cm³/mol. The van der Waals surface area contributed by atoms with E-state index in [1.807, 2.05) is 0 Å². The summed E-state index contributed by atoms with van der Waals surface area (Å²) in [4.78, 5) is 33.5. The summed E-state index contributed by atoms with van der Waals surface area (Å²) in [5.74, 6) is -0.277. The van der Waals surface area contributed by atoms with Gasteiger partial charge in [0.2, 0.25) is 0 Å². The molecule has 0 radical (unpaired) electrons. The molecule has 3 rings (SSSR count). The van der Waals surface area contributed by atoms with Gasteiger partial charge in [-0.15, -0.1) is 0 Å². The number of fused-ring (bicyclic) bond motifs is 1. The maximum Gasteiger partial charge on any atom is 0.270 e. The molecule has 116 valence electrons. The summed E-state index contributed by atoms with van der Waals surface area (Å²) in [6, 6.07) is 10.2. The normalized spacial score (nSPS) is 12.6. The van der Waals surface area contributed by atoms with Crippen molar-refractivity contribution in [3.63, 3.8) is 0 Å². The smallest absolute Gasteiger partial charge is 0.270 e. The first-order chi connectivity index (χ1) is 11.0. The van der Waals surface area contributed by atoms with Crippen LogP contribution in [0.2, 0.25) is 0 Å². The molecule has 0 saturated heterocycles. The van der Waals surface area contributed by atoms with Gasteiger partial charge in [-0.05, 0) is 18.2 Å². The van der Waals surface area contributed by atoms with Crippen molar-refractivity contribution in [2.75, 3.05) is 17.2 Å². The van der Waals surface area contributed by atoms with E-state index in [4.69, 9.17) is 4.74 Å². The van der Waals surface area contributed by atoms with E-state index in [1.165, 1.54) is 24.3 Å². The number of nitro benzene ring substituents is 1. The monoisotopic (exact) mass is 313 g/mol. The molecule has 0 unspecified atom stereocenters. The Labute approximate surface area is 130 Å². The van der Waals surface area contributed by atoms with Crippen molar-refractivity contribution in [2.45, 2.75) is 0 Å². The molecule has 0 bridgehead atoms. The third kappa shape index (κ3) is 3.10. The van der Waals surface area contributed by atoms with Gasteiger partial charge in [0.05, 0.1) is 10.6 Å². The number of rotatable bonds is 3. The van der Waals surface area contributed by atoms with Gasteiger partial charge in [-0.25, -0.2) is 0 Å². The number of benzene rings is 2. The van der Waals surface area contributed by atoms with E-state index in [2.05, 4.69) is 10.6 Å². The van der Waals surface area contributed by atoms with Gasteiger partial charge in [0.15, 0.2) is 6.61 Å². The number of nitrogens with zero attached hydrogens (tertiary/aromatic N) is 1. The molecule has 0 aliphatic carbocycles. The van der Waals surface area contributed by atoms with E-state index in [0.29, 0.717) is 17.1 Å². The van der Waals surface area contributed by atoms with Crippen LogP contribution in [0.25, 0.3) is 0 Å². The van der Waals surface area contributed by atoms with Crippen LogP contribution < -0.4 is 15.4 Å². The average Bonchev–Trinajstić information content (AvgIpc) is 2.55. The second-order valence-electron chi connectivity index (χ2n) is 4.81. The van der Waals surface area contributed by atoms with Crippen molar-refractivity contribution in [2.24, 2.45) is 0 Å². The number of amides is 2. The number of nitro groups is 1. The Balaban J connectivity index is 1.79. The summed E-state index contributed by atoms with van der Waals surface area (Å²) < 4.78 is 5.26.